The van der Waals surface area contributed by atoms with Gasteiger partial charge in [0.05, 0.1) is 0 Å². The van der Waals surface area contributed by atoms with Gasteiger partial charge in [0.15, 0.2) is 10.7 Å². The van der Waals surface area contributed by atoms with E-state index in [0.717, 1.165) is 12.8 Å². The van der Waals surface area contributed by atoms with Crippen LogP contribution in [0.15, 0.2) is 29.7 Å². The number of rotatable bonds is 4. The number of thiol groups is 1. The van der Waals surface area contributed by atoms with Crippen LogP contribution in [0.3, 0.4) is 0 Å². The van der Waals surface area contributed by atoms with Crippen LogP contribution in [0.5, 0.6) is 5.75 Å². The Balaban J connectivity index is 2.35. The second-order valence-corrected chi connectivity index (χ2v) is 5.44. The quantitative estimate of drug-likeness (QED) is 0.647. The first-order chi connectivity index (χ1) is 8.54. The van der Waals surface area contributed by atoms with Crippen LogP contribution >= 0.6 is 0 Å². The molecular weight excluding hydrogens is 252 g/mol. The van der Waals surface area contributed by atoms with Crippen molar-refractivity contribution in [3.63, 3.8) is 0 Å². The van der Waals surface area contributed by atoms with Gasteiger partial charge in [0, 0.05) is 12.8 Å². The Hall–Kier alpha value is -1.33. The molecule has 2 rings (SSSR count). The zero-order valence-electron chi connectivity index (χ0n) is 9.96. The van der Waals surface area contributed by atoms with E-state index in [1.807, 2.05) is 0 Å². The average molecular weight is 268 g/mol. The Kier molecular flexibility index (Phi) is 3.73. The SMILES string of the molecule is C=Cc1ccc(OC2(O)CCCC2)c([SH](=O)=O)c1. The molecule has 1 saturated carbocycles. The van der Waals surface area contributed by atoms with Gasteiger partial charge in [-0.25, -0.2) is 8.42 Å². The summed E-state index contributed by atoms with van der Waals surface area (Å²) < 4.78 is 27.9. The second kappa shape index (κ2) is 5.12. The van der Waals surface area contributed by atoms with Crippen LogP contribution in [-0.2, 0) is 10.7 Å². The van der Waals surface area contributed by atoms with Gasteiger partial charge in [0.25, 0.3) is 0 Å². The lowest BCUT2D eigenvalue weighted by Crippen LogP contribution is -2.32. The molecule has 0 unspecified atom stereocenters. The standard InChI is InChI=1S/C13H16O4S/c1-2-10-5-6-11(12(9-10)18(15)16)17-13(14)7-3-4-8-13/h2,5-6,9,14,18H,1,3-4,7-8H2. The molecule has 0 bridgehead atoms. The van der Waals surface area contributed by atoms with Crippen molar-refractivity contribution >= 4 is 16.8 Å². The fourth-order valence-corrected chi connectivity index (χ4v) is 2.68. The van der Waals surface area contributed by atoms with E-state index < -0.39 is 16.5 Å². The summed E-state index contributed by atoms with van der Waals surface area (Å²) >= 11 is 0. The summed E-state index contributed by atoms with van der Waals surface area (Å²) in [5.41, 5.74) is 0.704. The molecule has 1 aromatic carbocycles. The monoisotopic (exact) mass is 268 g/mol. The lowest BCUT2D eigenvalue weighted by atomic mass is 10.2. The summed E-state index contributed by atoms with van der Waals surface area (Å²) in [5.74, 6) is -1.02. The Morgan fingerprint density at radius 1 is 1.33 bits per heavy atom. The molecule has 18 heavy (non-hydrogen) atoms. The Morgan fingerprint density at radius 3 is 2.56 bits per heavy atom. The highest BCUT2D eigenvalue weighted by atomic mass is 32.2. The molecule has 0 saturated heterocycles. The van der Waals surface area contributed by atoms with Gasteiger partial charge in [0.2, 0.25) is 5.79 Å². The van der Waals surface area contributed by atoms with Gasteiger partial charge < -0.3 is 9.84 Å². The van der Waals surface area contributed by atoms with Gasteiger partial charge in [-0.1, -0.05) is 18.7 Å². The van der Waals surface area contributed by atoms with Crippen molar-refractivity contribution in [2.75, 3.05) is 0 Å². The molecule has 1 aliphatic rings. The van der Waals surface area contributed by atoms with Crippen molar-refractivity contribution in [2.24, 2.45) is 0 Å². The van der Waals surface area contributed by atoms with Gasteiger partial charge >= 0.3 is 0 Å². The topological polar surface area (TPSA) is 63.6 Å². The van der Waals surface area contributed by atoms with E-state index in [1.165, 1.54) is 6.07 Å². The lowest BCUT2D eigenvalue weighted by Gasteiger charge is -2.24. The minimum Gasteiger partial charge on any atom is -0.461 e. The van der Waals surface area contributed by atoms with Crippen LogP contribution in [-0.4, -0.2) is 19.3 Å². The van der Waals surface area contributed by atoms with Crippen molar-refractivity contribution in [1.82, 2.24) is 0 Å². The van der Waals surface area contributed by atoms with Crippen LogP contribution in [0.25, 0.3) is 6.08 Å². The van der Waals surface area contributed by atoms with E-state index in [1.54, 1.807) is 18.2 Å². The normalized spacial score (nSPS) is 17.9. The summed E-state index contributed by atoms with van der Waals surface area (Å²) in [6, 6.07) is 4.77. The Bertz CT molecular complexity index is 520. The van der Waals surface area contributed by atoms with Crippen molar-refractivity contribution < 1.29 is 18.3 Å². The maximum Gasteiger partial charge on any atom is 0.208 e. The van der Waals surface area contributed by atoms with Crippen molar-refractivity contribution in [3.8, 4) is 5.75 Å². The number of ether oxygens (including phenoxy) is 1. The molecular formula is C13H16O4S. The smallest absolute Gasteiger partial charge is 0.208 e. The zero-order chi connectivity index (χ0) is 13.2. The fraction of sp³-hybridized carbons (Fsp3) is 0.385. The lowest BCUT2D eigenvalue weighted by molar-refractivity contribution is -0.131. The zero-order valence-corrected chi connectivity index (χ0v) is 10.9. The van der Waals surface area contributed by atoms with E-state index in [9.17, 15) is 13.5 Å². The van der Waals surface area contributed by atoms with Gasteiger partial charge in [-0.3, -0.25) is 0 Å². The van der Waals surface area contributed by atoms with Gasteiger partial charge in [-0.05, 0) is 30.5 Å². The van der Waals surface area contributed by atoms with Crippen LogP contribution in [0.4, 0.5) is 0 Å². The van der Waals surface area contributed by atoms with E-state index in [4.69, 9.17) is 4.74 Å². The van der Waals surface area contributed by atoms with Crippen LogP contribution in [0.2, 0.25) is 0 Å². The maximum absolute atomic E-state index is 11.2. The molecule has 0 amide bonds. The first-order valence-corrected chi connectivity index (χ1v) is 7.04. The van der Waals surface area contributed by atoms with E-state index in [2.05, 4.69) is 6.58 Å². The van der Waals surface area contributed by atoms with Crippen molar-refractivity contribution in [1.29, 1.82) is 0 Å². The Labute approximate surface area is 108 Å². The minimum absolute atomic E-state index is 0.0859. The molecule has 1 aromatic rings. The van der Waals surface area contributed by atoms with Gasteiger partial charge in [-0.15, -0.1) is 0 Å². The summed E-state index contributed by atoms with van der Waals surface area (Å²) in [6.07, 6.45) is 4.41. The van der Waals surface area contributed by atoms with E-state index >= 15 is 0 Å². The third-order valence-corrected chi connectivity index (χ3v) is 3.84. The molecule has 5 heteroatoms. The molecule has 0 aromatic heterocycles. The van der Waals surface area contributed by atoms with E-state index in [-0.39, 0.29) is 10.6 Å². The summed E-state index contributed by atoms with van der Waals surface area (Å²) in [4.78, 5) is 0.0859. The first kappa shape index (κ1) is 13.1. The summed E-state index contributed by atoms with van der Waals surface area (Å²) in [7, 11) is -2.76. The molecule has 0 heterocycles. The fourth-order valence-electron chi connectivity index (χ4n) is 2.12. The summed E-state index contributed by atoms with van der Waals surface area (Å²) in [6.45, 7) is 3.59. The minimum atomic E-state index is -2.76. The maximum atomic E-state index is 11.2. The Morgan fingerprint density at radius 2 is 2.00 bits per heavy atom. The van der Waals surface area contributed by atoms with Gasteiger partial charge in [-0.2, -0.15) is 0 Å². The van der Waals surface area contributed by atoms with Gasteiger partial charge in [0.1, 0.15) is 10.6 Å². The van der Waals surface area contributed by atoms with Crippen LogP contribution in [0, 0.1) is 0 Å². The average Bonchev–Trinajstić information content (AvgIpc) is 2.76. The van der Waals surface area contributed by atoms with Crippen molar-refractivity contribution in [2.45, 2.75) is 36.4 Å². The number of aliphatic hydroxyl groups is 1. The molecule has 1 N–H and O–H groups in total. The highest BCUT2D eigenvalue weighted by Crippen LogP contribution is 2.34. The highest BCUT2D eigenvalue weighted by Gasteiger charge is 2.34. The third-order valence-electron chi connectivity index (χ3n) is 3.10. The molecule has 0 spiro atoms. The molecule has 4 nitrogen and oxygen atoms in total. The largest absolute Gasteiger partial charge is 0.461 e. The first-order valence-electron chi connectivity index (χ1n) is 5.86. The highest BCUT2D eigenvalue weighted by molar-refractivity contribution is 7.72. The second-order valence-electron chi connectivity index (χ2n) is 4.44. The number of hydrogen-bond donors (Lipinski definition) is 2. The molecule has 0 aliphatic heterocycles. The van der Waals surface area contributed by atoms with Crippen LogP contribution < -0.4 is 4.74 Å². The molecule has 1 fully saturated rings. The van der Waals surface area contributed by atoms with E-state index in [0.29, 0.717) is 18.4 Å². The molecule has 1 aliphatic carbocycles. The van der Waals surface area contributed by atoms with Crippen LogP contribution in [0.1, 0.15) is 31.2 Å². The predicted octanol–water partition coefficient (Wildman–Crippen LogP) is 1.94. The molecule has 0 radical (unpaired) electrons. The number of hydrogen-bond acceptors (Lipinski definition) is 4. The predicted molar refractivity (Wildman–Crippen MR) is 69.2 cm³/mol. The number of benzene rings is 1. The van der Waals surface area contributed by atoms with Crippen molar-refractivity contribution in [3.05, 3.63) is 30.3 Å². The molecule has 98 valence electrons. The summed E-state index contributed by atoms with van der Waals surface area (Å²) in [5, 5.41) is 10.1. The molecule has 0 atom stereocenters. The third kappa shape index (κ3) is 2.73.